The summed E-state index contributed by atoms with van der Waals surface area (Å²) in [7, 11) is 1.45. The van der Waals surface area contributed by atoms with E-state index in [2.05, 4.69) is 15.9 Å². The first-order chi connectivity index (χ1) is 10.0. The average molecular weight is 353 g/mol. The number of nitro groups is 1. The van der Waals surface area contributed by atoms with Gasteiger partial charge in [-0.3, -0.25) is 10.1 Å². The van der Waals surface area contributed by atoms with Crippen molar-refractivity contribution in [1.29, 1.82) is 0 Å². The fourth-order valence-electron chi connectivity index (χ4n) is 1.78. The highest BCUT2D eigenvalue weighted by atomic mass is 79.9. The Morgan fingerprint density at radius 3 is 2.57 bits per heavy atom. The third kappa shape index (κ3) is 3.50. The Kier molecular flexibility index (Phi) is 4.77. The maximum absolute atomic E-state index is 11.1. The van der Waals surface area contributed by atoms with Crippen LogP contribution in [-0.4, -0.2) is 12.0 Å². The van der Waals surface area contributed by atoms with Gasteiger partial charge in [-0.2, -0.15) is 0 Å². The highest BCUT2D eigenvalue weighted by Crippen LogP contribution is 2.36. The fraction of sp³-hybridized carbons (Fsp3) is 0.143. The number of hydrogen-bond acceptors (Lipinski definition) is 5. The molecule has 0 fully saturated rings. The smallest absolute Gasteiger partial charge is 0.315 e. The Bertz CT molecular complexity index is 676. The van der Waals surface area contributed by atoms with Gasteiger partial charge < -0.3 is 15.2 Å². The fourth-order valence-corrected chi connectivity index (χ4v) is 2.19. The van der Waals surface area contributed by atoms with Crippen LogP contribution in [-0.2, 0) is 6.54 Å². The third-order valence-corrected chi connectivity index (χ3v) is 3.32. The van der Waals surface area contributed by atoms with Gasteiger partial charge in [0.05, 0.1) is 18.1 Å². The second kappa shape index (κ2) is 6.55. The van der Waals surface area contributed by atoms with Crippen LogP contribution in [0.2, 0.25) is 0 Å². The van der Waals surface area contributed by atoms with Crippen LogP contribution in [0.25, 0.3) is 0 Å². The standard InChI is InChI=1S/C14H13BrN2O4/c1-20-11-3-5-14(12(7-11)17(18)19)21-13-4-2-10(15)6-9(13)8-16/h2-7H,8,16H2,1H3. The number of hydrogen-bond donors (Lipinski definition) is 1. The molecule has 0 aromatic heterocycles. The average Bonchev–Trinajstić information content (AvgIpc) is 2.49. The van der Waals surface area contributed by atoms with Gasteiger partial charge >= 0.3 is 5.69 Å². The zero-order valence-corrected chi connectivity index (χ0v) is 12.8. The van der Waals surface area contributed by atoms with Gasteiger partial charge in [-0.15, -0.1) is 0 Å². The molecule has 0 amide bonds. The minimum atomic E-state index is -0.515. The van der Waals surface area contributed by atoms with Gasteiger partial charge in [0, 0.05) is 16.6 Å². The van der Waals surface area contributed by atoms with Crippen molar-refractivity contribution >= 4 is 21.6 Å². The molecule has 0 aliphatic rings. The summed E-state index contributed by atoms with van der Waals surface area (Å²) in [6.07, 6.45) is 0. The molecule has 0 atom stereocenters. The van der Waals surface area contributed by atoms with Crippen molar-refractivity contribution in [2.75, 3.05) is 7.11 Å². The molecule has 0 heterocycles. The van der Waals surface area contributed by atoms with Crippen LogP contribution in [0, 0.1) is 10.1 Å². The number of nitrogens with zero attached hydrogens (tertiary/aromatic N) is 1. The molecule has 2 aromatic rings. The van der Waals surface area contributed by atoms with Crippen molar-refractivity contribution in [3.63, 3.8) is 0 Å². The number of benzene rings is 2. The quantitative estimate of drug-likeness (QED) is 0.655. The van der Waals surface area contributed by atoms with Crippen LogP contribution in [0.3, 0.4) is 0 Å². The Labute approximate surface area is 129 Å². The highest BCUT2D eigenvalue weighted by molar-refractivity contribution is 9.10. The van der Waals surface area contributed by atoms with E-state index in [1.807, 2.05) is 6.07 Å². The summed E-state index contributed by atoms with van der Waals surface area (Å²) < 4.78 is 11.5. The zero-order valence-electron chi connectivity index (χ0n) is 11.2. The monoisotopic (exact) mass is 352 g/mol. The first-order valence-corrected chi connectivity index (χ1v) is 6.83. The highest BCUT2D eigenvalue weighted by Gasteiger charge is 2.18. The van der Waals surface area contributed by atoms with Crippen LogP contribution in [0.4, 0.5) is 5.69 Å². The lowest BCUT2D eigenvalue weighted by molar-refractivity contribution is -0.385. The molecule has 0 bridgehead atoms. The molecule has 0 spiro atoms. The molecule has 2 rings (SSSR count). The summed E-state index contributed by atoms with van der Waals surface area (Å²) in [4.78, 5) is 10.6. The molecule has 0 aliphatic carbocycles. The maximum Gasteiger partial charge on any atom is 0.315 e. The van der Waals surface area contributed by atoms with Gasteiger partial charge in [0.1, 0.15) is 11.5 Å². The van der Waals surface area contributed by atoms with E-state index in [0.717, 1.165) is 10.0 Å². The zero-order chi connectivity index (χ0) is 15.4. The number of ether oxygens (including phenoxy) is 2. The first kappa shape index (κ1) is 15.3. The molecule has 21 heavy (non-hydrogen) atoms. The molecule has 2 N–H and O–H groups in total. The van der Waals surface area contributed by atoms with Crippen LogP contribution >= 0.6 is 15.9 Å². The van der Waals surface area contributed by atoms with Gasteiger partial charge in [-0.1, -0.05) is 15.9 Å². The van der Waals surface area contributed by atoms with Crippen LogP contribution in [0.1, 0.15) is 5.56 Å². The van der Waals surface area contributed by atoms with Crippen molar-refractivity contribution < 1.29 is 14.4 Å². The van der Waals surface area contributed by atoms with E-state index < -0.39 is 4.92 Å². The Morgan fingerprint density at radius 1 is 1.24 bits per heavy atom. The molecule has 0 saturated carbocycles. The van der Waals surface area contributed by atoms with Crippen molar-refractivity contribution in [2.24, 2.45) is 5.73 Å². The second-order valence-corrected chi connectivity index (χ2v) is 5.06. The minimum absolute atomic E-state index is 0.137. The number of nitrogens with two attached hydrogens (primary N) is 1. The van der Waals surface area contributed by atoms with E-state index in [1.54, 1.807) is 18.2 Å². The molecule has 6 nitrogen and oxygen atoms in total. The lowest BCUT2D eigenvalue weighted by atomic mass is 10.2. The summed E-state index contributed by atoms with van der Waals surface area (Å²) in [6.45, 7) is 0.263. The van der Waals surface area contributed by atoms with E-state index in [4.69, 9.17) is 15.2 Å². The van der Waals surface area contributed by atoms with Crippen LogP contribution in [0.5, 0.6) is 17.2 Å². The number of methoxy groups -OCH3 is 1. The van der Waals surface area contributed by atoms with E-state index >= 15 is 0 Å². The van der Waals surface area contributed by atoms with Gasteiger partial charge in [-0.25, -0.2) is 0 Å². The van der Waals surface area contributed by atoms with Crippen molar-refractivity contribution in [3.05, 3.63) is 56.5 Å². The SMILES string of the molecule is COc1ccc(Oc2ccc(Br)cc2CN)c([N+](=O)[O-])c1. The molecular weight excluding hydrogens is 340 g/mol. The van der Waals surface area contributed by atoms with Crippen LogP contribution < -0.4 is 15.2 Å². The van der Waals surface area contributed by atoms with Gasteiger partial charge in [0.25, 0.3) is 0 Å². The molecule has 0 unspecified atom stereocenters. The summed E-state index contributed by atoms with van der Waals surface area (Å²) in [5, 5.41) is 11.1. The molecule has 2 aromatic carbocycles. The lowest BCUT2D eigenvalue weighted by Crippen LogP contribution is -2.01. The number of rotatable bonds is 5. The Balaban J connectivity index is 2.42. The Hall–Kier alpha value is -2.12. The molecular formula is C14H13BrN2O4. The van der Waals surface area contributed by atoms with Crippen molar-refractivity contribution in [2.45, 2.75) is 6.54 Å². The van der Waals surface area contributed by atoms with Crippen LogP contribution in [0.15, 0.2) is 40.9 Å². The maximum atomic E-state index is 11.1. The van der Waals surface area contributed by atoms with Gasteiger partial charge in [0.15, 0.2) is 0 Å². The third-order valence-electron chi connectivity index (χ3n) is 2.83. The summed E-state index contributed by atoms with van der Waals surface area (Å²) >= 11 is 3.34. The summed E-state index contributed by atoms with van der Waals surface area (Å²) in [5.74, 6) is 1.01. The second-order valence-electron chi connectivity index (χ2n) is 4.15. The number of halogens is 1. The van der Waals surface area contributed by atoms with Gasteiger partial charge in [-0.05, 0) is 30.3 Å². The molecule has 110 valence electrons. The van der Waals surface area contributed by atoms with Crippen molar-refractivity contribution in [3.8, 4) is 17.2 Å². The predicted octanol–water partition coefficient (Wildman–Crippen LogP) is 3.62. The first-order valence-electron chi connectivity index (χ1n) is 6.04. The molecule has 7 heteroatoms. The topological polar surface area (TPSA) is 87.6 Å². The molecule has 0 radical (unpaired) electrons. The van der Waals surface area contributed by atoms with Gasteiger partial charge in [0.2, 0.25) is 5.75 Å². The lowest BCUT2D eigenvalue weighted by Gasteiger charge is -2.11. The summed E-state index contributed by atoms with van der Waals surface area (Å²) in [5.41, 5.74) is 6.24. The molecule has 0 aliphatic heterocycles. The number of nitro benzene ring substituents is 1. The molecule has 0 saturated heterocycles. The normalized spacial score (nSPS) is 10.2. The van der Waals surface area contributed by atoms with E-state index in [9.17, 15) is 10.1 Å². The largest absolute Gasteiger partial charge is 0.496 e. The summed E-state index contributed by atoms with van der Waals surface area (Å²) in [6, 6.07) is 9.72. The predicted molar refractivity (Wildman–Crippen MR) is 81.8 cm³/mol. The minimum Gasteiger partial charge on any atom is -0.496 e. The Morgan fingerprint density at radius 2 is 1.95 bits per heavy atom. The van der Waals surface area contributed by atoms with E-state index in [-0.39, 0.29) is 18.0 Å². The van der Waals surface area contributed by atoms with E-state index in [1.165, 1.54) is 19.2 Å². The van der Waals surface area contributed by atoms with Crippen molar-refractivity contribution in [1.82, 2.24) is 0 Å². The van der Waals surface area contributed by atoms with E-state index in [0.29, 0.717) is 11.5 Å².